The Morgan fingerprint density at radius 2 is 1.83 bits per heavy atom. The fourth-order valence-electron chi connectivity index (χ4n) is 2.17. The third-order valence-corrected chi connectivity index (χ3v) is 5.37. The highest BCUT2D eigenvalue weighted by molar-refractivity contribution is 7.91. The van der Waals surface area contributed by atoms with Crippen LogP contribution in [-0.4, -0.2) is 15.5 Å². The van der Waals surface area contributed by atoms with E-state index in [0.717, 1.165) is 0 Å². The molecule has 2 aromatic carbocycles. The Labute approximate surface area is 137 Å². The van der Waals surface area contributed by atoms with Crippen LogP contribution in [0.4, 0.5) is 0 Å². The van der Waals surface area contributed by atoms with Gasteiger partial charge in [-0.05, 0) is 30.3 Å². The van der Waals surface area contributed by atoms with Crippen LogP contribution in [0.5, 0.6) is 5.75 Å². The molecule has 0 aliphatic heterocycles. The predicted molar refractivity (Wildman–Crippen MR) is 85.9 cm³/mol. The van der Waals surface area contributed by atoms with Crippen molar-refractivity contribution in [3.05, 3.63) is 64.0 Å². The highest BCUT2D eigenvalue weighted by atomic mass is 35.5. The highest BCUT2D eigenvalue weighted by Gasteiger charge is 2.24. The maximum absolute atomic E-state index is 12.7. The zero-order valence-electron chi connectivity index (χ0n) is 11.9. The van der Waals surface area contributed by atoms with Crippen LogP contribution >= 0.6 is 11.6 Å². The molecule has 5 nitrogen and oxygen atoms in total. The number of ether oxygens (including phenoxy) is 1. The van der Waals surface area contributed by atoms with Crippen molar-refractivity contribution in [3.63, 3.8) is 0 Å². The zero-order valence-corrected chi connectivity index (χ0v) is 13.5. The van der Waals surface area contributed by atoms with Crippen molar-refractivity contribution >= 4 is 32.4 Å². The Morgan fingerprint density at radius 3 is 2.52 bits per heavy atom. The number of sulfone groups is 1. The summed E-state index contributed by atoms with van der Waals surface area (Å²) in [7, 11) is -2.63. The fourth-order valence-corrected chi connectivity index (χ4v) is 3.81. The Kier molecular flexibility index (Phi) is 3.87. The number of para-hydroxylation sites is 1. The number of hydrogen-bond acceptors (Lipinski definition) is 5. The average molecular weight is 351 g/mol. The Balaban J connectivity index is 2.22. The van der Waals surface area contributed by atoms with Gasteiger partial charge in [0.05, 0.1) is 17.0 Å². The van der Waals surface area contributed by atoms with E-state index < -0.39 is 20.4 Å². The molecule has 0 radical (unpaired) electrons. The molecule has 23 heavy (non-hydrogen) atoms. The van der Waals surface area contributed by atoms with Crippen molar-refractivity contribution in [1.29, 1.82) is 0 Å². The number of rotatable bonds is 3. The lowest BCUT2D eigenvalue weighted by Crippen LogP contribution is -2.14. The van der Waals surface area contributed by atoms with Crippen molar-refractivity contribution in [3.8, 4) is 5.75 Å². The molecule has 118 valence electrons. The lowest BCUT2D eigenvalue weighted by atomic mass is 10.2. The maximum Gasteiger partial charge on any atom is 0.355 e. The van der Waals surface area contributed by atoms with E-state index in [4.69, 9.17) is 20.8 Å². The van der Waals surface area contributed by atoms with Gasteiger partial charge in [0.1, 0.15) is 11.3 Å². The summed E-state index contributed by atoms with van der Waals surface area (Å²) in [6.45, 7) is 0. The highest BCUT2D eigenvalue weighted by Crippen LogP contribution is 2.29. The van der Waals surface area contributed by atoms with Crippen LogP contribution in [0.2, 0.25) is 5.02 Å². The molecule has 0 aliphatic rings. The average Bonchev–Trinajstić information content (AvgIpc) is 2.54. The van der Waals surface area contributed by atoms with Gasteiger partial charge in [0.25, 0.3) is 0 Å². The molecule has 1 aromatic heterocycles. The molecule has 0 unspecified atom stereocenters. The first-order valence-electron chi connectivity index (χ1n) is 6.55. The van der Waals surface area contributed by atoms with E-state index in [1.165, 1.54) is 31.4 Å². The van der Waals surface area contributed by atoms with Gasteiger partial charge in [-0.25, -0.2) is 13.2 Å². The van der Waals surface area contributed by atoms with Gasteiger partial charge in [-0.1, -0.05) is 29.8 Å². The van der Waals surface area contributed by atoms with Gasteiger partial charge in [0.2, 0.25) is 9.84 Å². The standard InChI is InChI=1S/C16H11ClO5S/c1-21-14-7-6-11(9-12(14)17)23(19,20)15-8-10-4-2-3-5-13(10)22-16(15)18/h2-9H,1H3. The van der Waals surface area contributed by atoms with Crippen molar-refractivity contribution in [2.45, 2.75) is 9.79 Å². The Bertz CT molecular complexity index is 1050. The fraction of sp³-hybridized carbons (Fsp3) is 0.0625. The molecule has 0 spiro atoms. The molecule has 0 atom stereocenters. The number of hydrogen-bond donors (Lipinski definition) is 0. The quantitative estimate of drug-likeness (QED) is 0.678. The van der Waals surface area contributed by atoms with Crippen LogP contribution in [0.25, 0.3) is 11.0 Å². The molecular weight excluding hydrogens is 340 g/mol. The lowest BCUT2D eigenvalue weighted by Gasteiger charge is -2.07. The van der Waals surface area contributed by atoms with Crippen LogP contribution in [0.3, 0.4) is 0 Å². The molecule has 0 saturated heterocycles. The third kappa shape index (κ3) is 2.71. The van der Waals surface area contributed by atoms with Crippen LogP contribution in [0.1, 0.15) is 0 Å². The van der Waals surface area contributed by atoms with Gasteiger partial charge in [0.15, 0.2) is 4.90 Å². The lowest BCUT2D eigenvalue weighted by molar-refractivity contribution is 0.414. The van der Waals surface area contributed by atoms with Gasteiger partial charge in [-0.2, -0.15) is 0 Å². The molecule has 0 N–H and O–H groups in total. The second-order valence-electron chi connectivity index (χ2n) is 4.74. The second-order valence-corrected chi connectivity index (χ2v) is 7.06. The minimum absolute atomic E-state index is 0.106. The van der Waals surface area contributed by atoms with Gasteiger partial charge < -0.3 is 9.15 Å². The zero-order chi connectivity index (χ0) is 16.6. The summed E-state index contributed by atoms with van der Waals surface area (Å²) >= 11 is 5.97. The third-order valence-electron chi connectivity index (χ3n) is 3.33. The van der Waals surface area contributed by atoms with Crippen LogP contribution in [0.15, 0.2) is 67.5 Å². The first kappa shape index (κ1) is 15.6. The minimum Gasteiger partial charge on any atom is -0.495 e. The Morgan fingerprint density at radius 1 is 1.09 bits per heavy atom. The number of halogens is 1. The summed E-state index contributed by atoms with van der Waals surface area (Å²) in [4.78, 5) is 11.5. The van der Waals surface area contributed by atoms with E-state index in [1.54, 1.807) is 24.3 Å². The van der Waals surface area contributed by atoms with E-state index in [1.807, 2.05) is 0 Å². The molecule has 0 bridgehead atoms. The summed E-state index contributed by atoms with van der Waals surface area (Å²) in [5, 5.41) is 0.657. The number of fused-ring (bicyclic) bond motifs is 1. The Hall–Kier alpha value is -2.31. The van der Waals surface area contributed by atoms with Crippen molar-refractivity contribution < 1.29 is 17.6 Å². The van der Waals surface area contributed by atoms with E-state index in [9.17, 15) is 13.2 Å². The number of methoxy groups -OCH3 is 1. The first-order valence-corrected chi connectivity index (χ1v) is 8.41. The van der Waals surface area contributed by atoms with Gasteiger partial charge >= 0.3 is 5.63 Å². The molecule has 0 aliphatic carbocycles. The normalized spacial score (nSPS) is 11.6. The van der Waals surface area contributed by atoms with Crippen molar-refractivity contribution in [2.75, 3.05) is 7.11 Å². The van der Waals surface area contributed by atoms with Gasteiger partial charge in [-0.3, -0.25) is 0 Å². The van der Waals surface area contributed by atoms with E-state index in [-0.39, 0.29) is 9.92 Å². The molecule has 3 rings (SSSR count). The van der Waals surface area contributed by atoms with Crippen molar-refractivity contribution in [2.24, 2.45) is 0 Å². The monoisotopic (exact) mass is 350 g/mol. The minimum atomic E-state index is -4.05. The van der Waals surface area contributed by atoms with E-state index >= 15 is 0 Å². The second kappa shape index (κ2) is 5.72. The van der Waals surface area contributed by atoms with E-state index in [2.05, 4.69) is 0 Å². The summed E-state index contributed by atoms with van der Waals surface area (Å²) < 4.78 is 35.5. The maximum atomic E-state index is 12.7. The number of benzene rings is 2. The van der Waals surface area contributed by atoms with Crippen molar-refractivity contribution in [1.82, 2.24) is 0 Å². The summed E-state index contributed by atoms with van der Waals surface area (Å²) in [6.07, 6.45) is 0. The molecule has 0 saturated carbocycles. The van der Waals surface area contributed by atoms with E-state index in [0.29, 0.717) is 16.7 Å². The topological polar surface area (TPSA) is 73.6 Å². The largest absolute Gasteiger partial charge is 0.495 e. The molecule has 1 heterocycles. The molecule has 7 heteroatoms. The SMILES string of the molecule is COc1ccc(S(=O)(=O)c2cc3ccccc3oc2=O)cc1Cl. The summed E-state index contributed by atoms with van der Waals surface area (Å²) in [6, 6.07) is 12.0. The molecular formula is C16H11ClO5S. The predicted octanol–water partition coefficient (Wildman–Crippen LogP) is 3.29. The summed E-state index contributed by atoms with van der Waals surface area (Å²) in [5.41, 5.74) is -0.597. The first-order chi connectivity index (χ1) is 10.9. The van der Waals surface area contributed by atoms with Crippen LogP contribution in [0, 0.1) is 0 Å². The molecule has 0 amide bonds. The molecule has 3 aromatic rings. The van der Waals surface area contributed by atoms with Gasteiger partial charge in [-0.15, -0.1) is 0 Å². The summed E-state index contributed by atoms with van der Waals surface area (Å²) in [5.74, 6) is 0.344. The van der Waals surface area contributed by atoms with Crippen LogP contribution in [-0.2, 0) is 9.84 Å². The smallest absolute Gasteiger partial charge is 0.355 e. The van der Waals surface area contributed by atoms with Crippen LogP contribution < -0.4 is 10.4 Å². The molecule has 0 fully saturated rings. The van der Waals surface area contributed by atoms with Gasteiger partial charge in [0, 0.05) is 5.39 Å².